The van der Waals surface area contributed by atoms with Crippen LogP contribution < -0.4 is 21.3 Å². The fraction of sp³-hybridized carbons (Fsp3) is 0.286. The zero-order valence-corrected chi connectivity index (χ0v) is 20.1. The number of nitrogens with zero attached hydrogens (tertiary/aromatic N) is 4. The number of aromatic nitrogens is 3. The van der Waals surface area contributed by atoms with Gasteiger partial charge >= 0.3 is 6.03 Å². The number of nitrogens with one attached hydrogen (secondary N) is 4. The molecule has 0 saturated carbocycles. The quantitative estimate of drug-likeness (QED) is 0.337. The van der Waals surface area contributed by atoms with Gasteiger partial charge in [0.25, 0.3) is 0 Å². The van der Waals surface area contributed by atoms with Crippen LogP contribution in [0.4, 0.5) is 33.1 Å². The van der Waals surface area contributed by atoms with Crippen molar-refractivity contribution in [3.8, 4) is 0 Å². The van der Waals surface area contributed by atoms with E-state index in [0.717, 1.165) is 31.6 Å². The molecule has 0 unspecified atom stereocenters. The Morgan fingerprint density at radius 2 is 1.94 bits per heavy atom. The number of urea groups is 1. The third-order valence-electron chi connectivity index (χ3n) is 4.83. The minimum atomic E-state index is -0.131. The van der Waals surface area contributed by atoms with Gasteiger partial charge in [-0.1, -0.05) is 6.07 Å². The molecule has 1 saturated heterocycles. The van der Waals surface area contributed by atoms with E-state index in [1.807, 2.05) is 29.2 Å². The lowest BCUT2D eigenvalue weighted by atomic mass is 10.3. The fourth-order valence-corrected chi connectivity index (χ4v) is 4.12. The Bertz CT molecular complexity index is 1110. The Kier molecular flexibility index (Phi) is 7.68. The summed E-state index contributed by atoms with van der Waals surface area (Å²) in [4.78, 5) is 39.0. The predicted octanol–water partition coefficient (Wildman–Crippen LogP) is 4.51. The number of benzene rings is 1. The standard InChI is InChI=1S/C21H23BrN8O2S/c22-16-13-25-19(29-18(16)23-7-6-17(31)28-20-24-8-11-33-20)26-14-4-3-5-15(12-14)27-21(32)30-9-1-2-10-30/h3-5,8,11-13H,1-2,6-7,9-10H2,(H,27,32)(H,24,28,31)(H2,23,25,26,29). The lowest BCUT2D eigenvalue weighted by Gasteiger charge is -2.16. The molecule has 4 rings (SSSR count). The number of thiazole rings is 1. The number of likely N-dealkylation sites (tertiary alicyclic amines) is 1. The van der Waals surface area contributed by atoms with Crippen LogP contribution >= 0.6 is 27.3 Å². The Balaban J connectivity index is 1.32. The smallest absolute Gasteiger partial charge is 0.321 e. The third kappa shape index (κ3) is 6.62. The van der Waals surface area contributed by atoms with Gasteiger partial charge in [0.15, 0.2) is 5.13 Å². The monoisotopic (exact) mass is 530 g/mol. The van der Waals surface area contributed by atoms with Gasteiger partial charge in [0, 0.05) is 55.2 Å². The molecule has 1 aromatic carbocycles. The van der Waals surface area contributed by atoms with Gasteiger partial charge in [-0.3, -0.25) is 4.79 Å². The van der Waals surface area contributed by atoms with Gasteiger partial charge in [-0.2, -0.15) is 4.98 Å². The number of hydrogen-bond acceptors (Lipinski definition) is 8. The average molecular weight is 531 g/mol. The molecule has 0 aliphatic carbocycles. The normalized spacial score (nSPS) is 12.9. The molecule has 3 heterocycles. The Morgan fingerprint density at radius 3 is 2.73 bits per heavy atom. The summed E-state index contributed by atoms with van der Waals surface area (Å²) in [6.07, 6.45) is 5.62. The molecule has 4 N–H and O–H groups in total. The SMILES string of the molecule is O=C(CCNc1nc(Nc2cccc(NC(=O)N3CCCC3)c2)ncc1Br)Nc1nccs1. The van der Waals surface area contributed by atoms with Gasteiger partial charge in [-0.25, -0.2) is 14.8 Å². The third-order valence-corrected chi connectivity index (χ3v) is 6.10. The molecule has 1 fully saturated rings. The summed E-state index contributed by atoms with van der Waals surface area (Å²) in [5.74, 6) is 0.817. The maximum atomic E-state index is 12.3. The summed E-state index contributed by atoms with van der Waals surface area (Å²) in [7, 11) is 0. The largest absolute Gasteiger partial charge is 0.368 e. The van der Waals surface area contributed by atoms with Crippen LogP contribution in [0.25, 0.3) is 0 Å². The van der Waals surface area contributed by atoms with Crippen molar-refractivity contribution in [2.24, 2.45) is 0 Å². The summed E-state index contributed by atoms with van der Waals surface area (Å²) in [6, 6.07) is 7.30. The number of amides is 3. The number of anilines is 5. The Hall–Kier alpha value is -3.25. The van der Waals surface area contributed by atoms with Crippen molar-refractivity contribution in [2.45, 2.75) is 19.3 Å². The van der Waals surface area contributed by atoms with Crippen LogP contribution in [0.2, 0.25) is 0 Å². The fourth-order valence-electron chi connectivity index (χ4n) is 3.24. The molecular weight excluding hydrogens is 508 g/mol. The van der Waals surface area contributed by atoms with Crippen LogP contribution in [-0.2, 0) is 4.79 Å². The second kappa shape index (κ2) is 11.1. The summed E-state index contributed by atoms with van der Waals surface area (Å²) in [5, 5.41) is 14.3. The maximum absolute atomic E-state index is 12.3. The van der Waals surface area contributed by atoms with E-state index in [2.05, 4.69) is 52.1 Å². The maximum Gasteiger partial charge on any atom is 0.321 e. The van der Waals surface area contributed by atoms with Crippen molar-refractivity contribution < 1.29 is 9.59 Å². The van der Waals surface area contributed by atoms with Crippen molar-refractivity contribution in [3.05, 3.63) is 46.5 Å². The Morgan fingerprint density at radius 1 is 1.12 bits per heavy atom. The first-order valence-electron chi connectivity index (χ1n) is 10.5. The number of carbonyl (C=O) groups excluding carboxylic acids is 2. The van der Waals surface area contributed by atoms with Gasteiger partial charge in [0.2, 0.25) is 11.9 Å². The van der Waals surface area contributed by atoms with Gasteiger partial charge in [-0.15, -0.1) is 11.3 Å². The highest BCUT2D eigenvalue weighted by molar-refractivity contribution is 9.10. The molecule has 172 valence electrons. The highest BCUT2D eigenvalue weighted by Gasteiger charge is 2.17. The second-order valence-electron chi connectivity index (χ2n) is 7.28. The van der Waals surface area contributed by atoms with Crippen molar-refractivity contribution in [1.82, 2.24) is 19.9 Å². The topological polar surface area (TPSA) is 124 Å². The molecular formula is C21H23BrN8O2S. The molecule has 10 nitrogen and oxygen atoms in total. The number of halogens is 1. The molecule has 0 radical (unpaired) electrons. The second-order valence-corrected chi connectivity index (χ2v) is 9.03. The van der Waals surface area contributed by atoms with Crippen molar-refractivity contribution in [3.63, 3.8) is 0 Å². The molecule has 1 aliphatic rings. The van der Waals surface area contributed by atoms with Crippen molar-refractivity contribution in [2.75, 3.05) is 40.9 Å². The van der Waals surface area contributed by atoms with E-state index in [1.165, 1.54) is 11.3 Å². The summed E-state index contributed by atoms with van der Waals surface area (Å²) < 4.78 is 0.681. The van der Waals surface area contributed by atoms with Gasteiger partial charge in [0.05, 0.1) is 4.47 Å². The molecule has 33 heavy (non-hydrogen) atoms. The zero-order chi connectivity index (χ0) is 23.0. The minimum Gasteiger partial charge on any atom is -0.368 e. The van der Waals surface area contributed by atoms with Crippen LogP contribution in [0.1, 0.15) is 19.3 Å². The van der Waals surface area contributed by atoms with E-state index < -0.39 is 0 Å². The first-order chi connectivity index (χ1) is 16.1. The molecule has 0 bridgehead atoms. The molecule has 12 heteroatoms. The van der Waals surface area contributed by atoms with Crippen molar-refractivity contribution in [1.29, 1.82) is 0 Å². The van der Waals surface area contributed by atoms with Crippen LogP contribution in [0.3, 0.4) is 0 Å². The van der Waals surface area contributed by atoms with Gasteiger partial charge < -0.3 is 26.2 Å². The molecule has 1 aliphatic heterocycles. The van der Waals surface area contributed by atoms with Crippen molar-refractivity contribution >= 4 is 67.5 Å². The molecule has 0 spiro atoms. The van der Waals surface area contributed by atoms with E-state index in [9.17, 15) is 9.59 Å². The minimum absolute atomic E-state index is 0.0880. The molecule has 3 aromatic rings. The highest BCUT2D eigenvalue weighted by atomic mass is 79.9. The van der Waals surface area contributed by atoms with Crippen LogP contribution in [-0.4, -0.2) is 51.4 Å². The Labute approximate surface area is 203 Å². The van der Waals surface area contributed by atoms with Crippen LogP contribution in [0.15, 0.2) is 46.5 Å². The lowest BCUT2D eigenvalue weighted by molar-refractivity contribution is -0.115. The summed E-state index contributed by atoms with van der Waals surface area (Å²) in [5.41, 5.74) is 1.43. The van der Waals surface area contributed by atoms with Gasteiger partial charge in [-0.05, 0) is 47.0 Å². The number of rotatable bonds is 8. The lowest BCUT2D eigenvalue weighted by Crippen LogP contribution is -2.32. The zero-order valence-electron chi connectivity index (χ0n) is 17.7. The molecule has 3 amide bonds. The van der Waals surface area contributed by atoms with E-state index >= 15 is 0 Å². The van der Waals surface area contributed by atoms with Gasteiger partial charge in [0.1, 0.15) is 5.82 Å². The van der Waals surface area contributed by atoms with E-state index in [-0.39, 0.29) is 18.4 Å². The molecule has 0 atom stereocenters. The van der Waals surface area contributed by atoms with E-state index in [4.69, 9.17) is 0 Å². The number of hydrogen-bond donors (Lipinski definition) is 4. The number of carbonyl (C=O) groups is 2. The van der Waals surface area contributed by atoms with Crippen LogP contribution in [0, 0.1) is 0 Å². The van der Waals surface area contributed by atoms with Crippen LogP contribution in [0.5, 0.6) is 0 Å². The first-order valence-corrected chi connectivity index (χ1v) is 12.1. The highest BCUT2D eigenvalue weighted by Crippen LogP contribution is 2.23. The predicted molar refractivity (Wildman–Crippen MR) is 133 cm³/mol. The molecule has 2 aromatic heterocycles. The average Bonchev–Trinajstić information content (AvgIpc) is 3.51. The van der Waals surface area contributed by atoms with E-state index in [0.29, 0.717) is 33.6 Å². The summed E-state index contributed by atoms with van der Waals surface area (Å²) in [6.45, 7) is 1.97. The summed E-state index contributed by atoms with van der Waals surface area (Å²) >= 11 is 4.80. The van der Waals surface area contributed by atoms with E-state index in [1.54, 1.807) is 17.8 Å². The first kappa shape index (κ1) is 22.9.